The van der Waals surface area contributed by atoms with Crippen molar-refractivity contribution >= 4 is 6.09 Å². The summed E-state index contributed by atoms with van der Waals surface area (Å²) in [5.74, 6) is 0. The van der Waals surface area contributed by atoms with Crippen molar-refractivity contribution in [2.75, 3.05) is 6.61 Å². The second kappa shape index (κ2) is 7.90. The SMILES string of the molecule is CC[C@H](COC(C)(C)C)NC(=O)OCc1ccccc1. The summed E-state index contributed by atoms with van der Waals surface area (Å²) >= 11 is 0. The Hall–Kier alpha value is -1.55. The molecular formula is C16H25NO3. The monoisotopic (exact) mass is 279 g/mol. The van der Waals surface area contributed by atoms with Crippen molar-refractivity contribution < 1.29 is 14.3 Å². The molecule has 0 spiro atoms. The maximum Gasteiger partial charge on any atom is 0.407 e. The van der Waals surface area contributed by atoms with Crippen LogP contribution in [0.4, 0.5) is 4.79 Å². The van der Waals surface area contributed by atoms with Crippen LogP contribution in [0.25, 0.3) is 0 Å². The molecule has 4 nitrogen and oxygen atoms in total. The summed E-state index contributed by atoms with van der Waals surface area (Å²) in [5, 5.41) is 2.82. The van der Waals surface area contributed by atoms with Gasteiger partial charge in [-0.05, 0) is 32.8 Å². The molecule has 0 saturated carbocycles. The molecule has 0 unspecified atom stereocenters. The van der Waals surface area contributed by atoms with Gasteiger partial charge in [0.2, 0.25) is 0 Å². The van der Waals surface area contributed by atoms with Gasteiger partial charge in [0.1, 0.15) is 6.61 Å². The molecule has 0 aliphatic heterocycles. The molecular weight excluding hydrogens is 254 g/mol. The molecule has 1 N–H and O–H groups in total. The fourth-order valence-corrected chi connectivity index (χ4v) is 1.54. The molecule has 1 aromatic rings. The predicted octanol–water partition coefficient (Wildman–Crippen LogP) is 3.51. The van der Waals surface area contributed by atoms with Crippen LogP contribution in [0.1, 0.15) is 39.7 Å². The van der Waals surface area contributed by atoms with Crippen LogP contribution in [0.5, 0.6) is 0 Å². The zero-order chi connectivity index (χ0) is 15.0. The third kappa shape index (κ3) is 7.14. The Morgan fingerprint density at radius 2 is 1.90 bits per heavy atom. The van der Waals surface area contributed by atoms with Gasteiger partial charge in [-0.1, -0.05) is 37.3 Å². The van der Waals surface area contributed by atoms with Crippen molar-refractivity contribution in [1.82, 2.24) is 5.32 Å². The molecule has 1 amide bonds. The Kier molecular flexibility index (Phi) is 6.52. The van der Waals surface area contributed by atoms with Gasteiger partial charge >= 0.3 is 6.09 Å². The van der Waals surface area contributed by atoms with Crippen molar-refractivity contribution in [3.63, 3.8) is 0 Å². The molecule has 1 rings (SSSR count). The van der Waals surface area contributed by atoms with Crippen molar-refractivity contribution in [1.29, 1.82) is 0 Å². The Balaban J connectivity index is 2.32. The van der Waals surface area contributed by atoms with Crippen LogP contribution >= 0.6 is 0 Å². The average Bonchev–Trinajstić information content (AvgIpc) is 2.41. The van der Waals surface area contributed by atoms with E-state index in [1.807, 2.05) is 58.0 Å². The van der Waals surface area contributed by atoms with Gasteiger partial charge < -0.3 is 14.8 Å². The summed E-state index contributed by atoms with van der Waals surface area (Å²) in [4.78, 5) is 11.7. The minimum Gasteiger partial charge on any atom is -0.445 e. The van der Waals surface area contributed by atoms with E-state index in [1.54, 1.807) is 0 Å². The Bertz CT molecular complexity index is 398. The highest BCUT2D eigenvalue weighted by molar-refractivity contribution is 5.67. The number of benzene rings is 1. The smallest absolute Gasteiger partial charge is 0.407 e. The Morgan fingerprint density at radius 1 is 1.25 bits per heavy atom. The Morgan fingerprint density at radius 3 is 2.45 bits per heavy atom. The molecule has 4 heteroatoms. The highest BCUT2D eigenvalue weighted by Gasteiger charge is 2.16. The fourth-order valence-electron chi connectivity index (χ4n) is 1.54. The zero-order valence-corrected chi connectivity index (χ0v) is 12.8. The van der Waals surface area contributed by atoms with Gasteiger partial charge in [0.15, 0.2) is 0 Å². The molecule has 20 heavy (non-hydrogen) atoms. The van der Waals surface area contributed by atoms with E-state index in [0.717, 1.165) is 12.0 Å². The van der Waals surface area contributed by atoms with Crippen LogP contribution in [0.2, 0.25) is 0 Å². The van der Waals surface area contributed by atoms with Crippen molar-refractivity contribution in [3.8, 4) is 0 Å². The first-order valence-electron chi connectivity index (χ1n) is 7.02. The summed E-state index contributed by atoms with van der Waals surface area (Å²) in [5.41, 5.74) is 0.768. The molecule has 0 saturated heterocycles. The molecule has 0 aliphatic rings. The molecule has 0 aromatic heterocycles. The van der Waals surface area contributed by atoms with Gasteiger partial charge in [-0.15, -0.1) is 0 Å². The molecule has 0 bridgehead atoms. The predicted molar refractivity (Wildman–Crippen MR) is 79.5 cm³/mol. The number of nitrogens with one attached hydrogen (secondary N) is 1. The molecule has 1 aromatic carbocycles. The maximum atomic E-state index is 11.7. The zero-order valence-electron chi connectivity index (χ0n) is 12.8. The largest absolute Gasteiger partial charge is 0.445 e. The van der Waals surface area contributed by atoms with Crippen molar-refractivity contribution in [2.45, 2.75) is 52.4 Å². The molecule has 0 fully saturated rings. The van der Waals surface area contributed by atoms with Gasteiger partial charge in [0, 0.05) is 0 Å². The van der Waals surface area contributed by atoms with E-state index in [2.05, 4.69) is 5.32 Å². The average molecular weight is 279 g/mol. The second-order valence-corrected chi connectivity index (χ2v) is 5.73. The lowest BCUT2D eigenvalue weighted by Crippen LogP contribution is -2.40. The number of carbonyl (C=O) groups is 1. The Labute approximate surface area is 121 Å². The lowest BCUT2D eigenvalue weighted by molar-refractivity contribution is -0.0150. The lowest BCUT2D eigenvalue weighted by atomic mass is 10.2. The van der Waals surface area contributed by atoms with Crippen molar-refractivity contribution in [2.24, 2.45) is 0 Å². The number of ether oxygens (including phenoxy) is 2. The van der Waals surface area contributed by atoms with E-state index in [9.17, 15) is 4.79 Å². The van der Waals surface area contributed by atoms with E-state index in [-0.39, 0.29) is 18.2 Å². The summed E-state index contributed by atoms with van der Waals surface area (Å²) < 4.78 is 10.9. The first-order chi connectivity index (χ1) is 9.40. The lowest BCUT2D eigenvalue weighted by Gasteiger charge is -2.24. The summed E-state index contributed by atoms with van der Waals surface area (Å²) in [6.07, 6.45) is 0.398. The van der Waals surface area contributed by atoms with Gasteiger partial charge in [0.05, 0.1) is 18.2 Å². The fraction of sp³-hybridized carbons (Fsp3) is 0.562. The second-order valence-electron chi connectivity index (χ2n) is 5.73. The maximum absolute atomic E-state index is 11.7. The first-order valence-corrected chi connectivity index (χ1v) is 7.02. The summed E-state index contributed by atoms with van der Waals surface area (Å²) in [6, 6.07) is 9.59. The topological polar surface area (TPSA) is 47.6 Å². The van der Waals surface area contributed by atoms with Gasteiger partial charge in [-0.25, -0.2) is 4.79 Å². The van der Waals surface area contributed by atoms with E-state index in [4.69, 9.17) is 9.47 Å². The van der Waals surface area contributed by atoms with Crippen LogP contribution in [-0.2, 0) is 16.1 Å². The van der Waals surface area contributed by atoms with Gasteiger partial charge in [-0.3, -0.25) is 0 Å². The van der Waals surface area contributed by atoms with Crippen LogP contribution in [-0.4, -0.2) is 24.3 Å². The van der Waals surface area contributed by atoms with Crippen LogP contribution in [0.15, 0.2) is 30.3 Å². The number of hydrogen-bond acceptors (Lipinski definition) is 3. The molecule has 0 heterocycles. The van der Waals surface area contributed by atoms with Gasteiger partial charge in [-0.2, -0.15) is 0 Å². The standard InChI is InChI=1S/C16H25NO3/c1-5-14(12-20-16(2,3)4)17-15(18)19-11-13-9-7-6-8-10-13/h6-10,14H,5,11-12H2,1-4H3,(H,17,18)/t14-/m1/s1. The van der Waals surface area contributed by atoms with Gasteiger partial charge in [0.25, 0.3) is 0 Å². The summed E-state index contributed by atoms with van der Waals surface area (Å²) in [6.45, 7) is 8.76. The molecule has 0 aliphatic carbocycles. The van der Waals surface area contributed by atoms with E-state index < -0.39 is 6.09 Å². The van der Waals surface area contributed by atoms with Crippen LogP contribution < -0.4 is 5.32 Å². The number of amides is 1. The minimum absolute atomic E-state index is 0.0301. The minimum atomic E-state index is -0.404. The molecule has 1 atom stereocenters. The third-order valence-corrected chi connectivity index (χ3v) is 2.75. The number of hydrogen-bond donors (Lipinski definition) is 1. The normalized spacial score (nSPS) is 12.8. The van der Waals surface area contributed by atoms with Crippen LogP contribution in [0.3, 0.4) is 0 Å². The quantitative estimate of drug-likeness (QED) is 0.867. The van der Waals surface area contributed by atoms with E-state index in [0.29, 0.717) is 6.61 Å². The highest BCUT2D eigenvalue weighted by atomic mass is 16.5. The summed E-state index contributed by atoms with van der Waals surface area (Å²) in [7, 11) is 0. The van der Waals surface area contributed by atoms with Crippen molar-refractivity contribution in [3.05, 3.63) is 35.9 Å². The molecule has 112 valence electrons. The number of carbonyl (C=O) groups excluding carboxylic acids is 1. The first kappa shape index (κ1) is 16.5. The third-order valence-electron chi connectivity index (χ3n) is 2.75. The van der Waals surface area contributed by atoms with E-state index in [1.165, 1.54) is 0 Å². The number of rotatable bonds is 6. The molecule has 0 radical (unpaired) electrons. The van der Waals surface area contributed by atoms with E-state index >= 15 is 0 Å². The highest BCUT2D eigenvalue weighted by Crippen LogP contribution is 2.08. The number of alkyl carbamates (subject to hydrolysis) is 1. The van der Waals surface area contributed by atoms with Crippen LogP contribution in [0, 0.1) is 0 Å².